The van der Waals surface area contributed by atoms with E-state index in [1.165, 1.54) is 12.1 Å². The van der Waals surface area contributed by atoms with Gasteiger partial charge in [0.05, 0.1) is 11.5 Å². The van der Waals surface area contributed by atoms with E-state index in [0.29, 0.717) is 45.6 Å². The molecular formula is C26H33FN5O3. The number of carbonyl (C=O) groups is 2. The first-order valence-electron chi connectivity index (χ1n) is 12.2. The quantitative estimate of drug-likeness (QED) is 0.584. The van der Waals surface area contributed by atoms with Gasteiger partial charge in [-0.1, -0.05) is 25.6 Å². The third-order valence-electron chi connectivity index (χ3n) is 6.92. The number of piperazine rings is 1. The van der Waals surface area contributed by atoms with E-state index in [1.54, 1.807) is 22.9 Å². The van der Waals surface area contributed by atoms with Crippen LogP contribution in [0.2, 0.25) is 0 Å². The lowest BCUT2D eigenvalue weighted by molar-refractivity contribution is -0.127. The molecule has 1 aromatic rings. The molecule has 0 saturated carbocycles. The maximum atomic E-state index is 14.3. The SMILES string of the molecule is C=CC(=O)N1CCN(C2=NC(OCC)N=C(C[C@@H]3Cc4cccc(F)c4C(=O)N3C)[C]2CC)CC1. The van der Waals surface area contributed by atoms with Crippen LogP contribution in [0.4, 0.5) is 4.39 Å². The summed E-state index contributed by atoms with van der Waals surface area (Å²) in [6.45, 7) is 10.5. The smallest absolute Gasteiger partial charge is 0.257 e. The van der Waals surface area contributed by atoms with Crippen molar-refractivity contribution in [2.75, 3.05) is 39.8 Å². The molecule has 35 heavy (non-hydrogen) atoms. The maximum Gasteiger partial charge on any atom is 0.257 e. The maximum absolute atomic E-state index is 14.3. The van der Waals surface area contributed by atoms with Crippen LogP contribution < -0.4 is 0 Å². The van der Waals surface area contributed by atoms with E-state index in [0.717, 1.165) is 29.4 Å². The van der Waals surface area contributed by atoms with Crippen molar-refractivity contribution in [3.63, 3.8) is 0 Å². The van der Waals surface area contributed by atoms with Gasteiger partial charge in [-0.05, 0) is 37.5 Å². The number of halogens is 1. The van der Waals surface area contributed by atoms with Gasteiger partial charge in [-0.25, -0.2) is 14.4 Å². The van der Waals surface area contributed by atoms with Gasteiger partial charge in [-0.15, -0.1) is 0 Å². The van der Waals surface area contributed by atoms with Crippen molar-refractivity contribution in [2.45, 2.75) is 45.5 Å². The minimum atomic E-state index is -0.650. The zero-order chi connectivity index (χ0) is 25.1. The Labute approximate surface area is 206 Å². The van der Waals surface area contributed by atoms with Crippen molar-refractivity contribution in [1.29, 1.82) is 0 Å². The third kappa shape index (κ3) is 5.00. The van der Waals surface area contributed by atoms with Crippen LogP contribution in [0.3, 0.4) is 0 Å². The molecule has 3 aliphatic rings. The molecule has 4 rings (SSSR count). The number of rotatable bonds is 6. The molecular weight excluding hydrogens is 449 g/mol. The Kier molecular flexibility index (Phi) is 7.64. The molecule has 0 aromatic heterocycles. The summed E-state index contributed by atoms with van der Waals surface area (Å²) >= 11 is 0. The van der Waals surface area contributed by atoms with E-state index in [-0.39, 0.29) is 23.4 Å². The Morgan fingerprint density at radius 2 is 1.97 bits per heavy atom. The molecule has 1 aromatic carbocycles. The molecule has 2 atom stereocenters. The number of aliphatic imine (C=N–C) groups is 2. The van der Waals surface area contributed by atoms with Crippen LogP contribution in [0.25, 0.3) is 0 Å². The van der Waals surface area contributed by atoms with Crippen LogP contribution in [0.15, 0.2) is 40.8 Å². The second-order valence-electron chi connectivity index (χ2n) is 8.91. The Hall–Kier alpha value is -3.07. The fraction of sp³-hybridized carbons (Fsp3) is 0.500. The van der Waals surface area contributed by atoms with Crippen molar-refractivity contribution >= 4 is 23.4 Å². The van der Waals surface area contributed by atoms with E-state index in [9.17, 15) is 14.0 Å². The van der Waals surface area contributed by atoms with Crippen molar-refractivity contribution in [1.82, 2.24) is 14.7 Å². The van der Waals surface area contributed by atoms with Gasteiger partial charge in [-0.2, -0.15) is 0 Å². The Balaban J connectivity index is 1.56. The van der Waals surface area contributed by atoms with Crippen molar-refractivity contribution in [3.05, 3.63) is 53.7 Å². The summed E-state index contributed by atoms with van der Waals surface area (Å²) in [4.78, 5) is 40.2. The highest BCUT2D eigenvalue weighted by Gasteiger charge is 2.38. The summed E-state index contributed by atoms with van der Waals surface area (Å²) in [6, 6.07) is 4.65. The first-order valence-corrected chi connectivity index (χ1v) is 12.2. The predicted octanol–water partition coefficient (Wildman–Crippen LogP) is 2.70. The number of hydrogen-bond acceptors (Lipinski definition) is 6. The van der Waals surface area contributed by atoms with Gasteiger partial charge in [-0.3, -0.25) is 9.59 Å². The molecule has 1 unspecified atom stereocenters. The lowest BCUT2D eigenvalue weighted by Gasteiger charge is -2.41. The molecule has 0 bridgehead atoms. The summed E-state index contributed by atoms with van der Waals surface area (Å²) in [6.07, 6.45) is 2.50. The Morgan fingerprint density at radius 3 is 2.63 bits per heavy atom. The highest BCUT2D eigenvalue weighted by molar-refractivity contribution is 6.21. The number of likely N-dealkylation sites (N-methyl/N-ethyl adjacent to an activating group) is 1. The second-order valence-corrected chi connectivity index (χ2v) is 8.91. The van der Waals surface area contributed by atoms with E-state index < -0.39 is 12.2 Å². The molecule has 0 aliphatic carbocycles. The zero-order valence-corrected chi connectivity index (χ0v) is 20.7. The van der Waals surface area contributed by atoms with E-state index in [4.69, 9.17) is 14.7 Å². The van der Waals surface area contributed by atoms with E-state index >= 15 is 0 Å². The number of amidine groups is 1. The van der Waals surface area contributed by atoms with Crippen molar-refractivity contribution < 1.29 is 18.7 Å². The average molecular weight is 483 g/mol. The van der Waals surface area contributed by atoms with Crippen LogP contribution in [-0.4, -0.2) is 90.3 Å². The predicted molar refractivity (Wildman–Crippen MR) is 133 cm³/mol. The molecule has 1 saturated heterocycles. The first kappa shape index (κ1) is 25.0. The zero-order valence-electron chi connectivity index (χ0n) is 20.7. The van der Waals surface area contributed by atoms with Gasteiger partial charge in [0.2, 0.25) is 12.3 Å². The van der Waals surface area contributed by atoms with Gasteiger partial charge in [0.1, 0.15) is 11.7 Å². The molecule has 1 radical (unpaired) electrons. The topological polar surface area (TPSA) is 77.8 Å². The van der Waals surface area contributed by atoms with Gasteiger partial charge in [0.25, 0.3) is 5.91 Å². The molecule has 1 fully saturated rings. The molecule has 3 aliphatic heterocycles. The monoisotopic (exact) mass is 482 g/mol. The highest BCUT2D eigenvalue weighted by Crippen LogP contribution is 2.30. The minimum absolute atomic E-state index is 0.0638. The summed E-state index contributed by atoms with van der Waals surface area (Å²) in [5.41, 5.74) is 1.76. The number of benzene rings is 1. The fourth-order valence-electron chi connectivity index (χ4n) is 5.00. The van der Waals surface area contributed by atoms with Crippen molar-refractivity contribution in [2.24, 2.45) is 9.98 Å². The summed E-state index contributed by atoms with van der Waals surface area (Å²) in [5.74, 6) is 1.02. The number of hydrogen-bond donors (Lipinski definition) is 0. The number of fused-ring (bicyclic) bond motifs is 1. The van der Waals surface area contributed by atoms with Gasteiger partial charge in [0.15, 0.2) is 0 Å². The van der Waals surface area contributed by atoms with Crippen molar-refractivity contribution in [3.8, 4) is 0 Å². The molecule has 0 N–H and O–H groups in total. The summed E-state index contributed by atoms with van der Waals surface area (Å²) in [5, 5.41) is 0. The molecule has 2 amide bonds. The number of ether oxygens (including phenoxy) is 1. The summed E-state index contributed by atoms with van der Waals surface area (Å²) in [7, 11) is 1.72. The second kappa shape index (κ2) is 10.7. The number of amides is 2. The molecule has 0 spiro atoms. The van der Waals surface area contributed by atoms with Gasteiger partial charge in [0, 0.05) is 58.0 Å². The minimum Gasteiger partial charge on any atom is -0.356 e. The largest absolute Gasteiger partial charge is 0.356 e. The van der Waals surface area contributed by atoms with Gasteiger partial charge < -0.3 is 19.4 Å². The highest BCUT2D eigenvalue weighted by atomic mass is 19.1. The molecule has 187 valence electrons. The fourth-order valence-corrected chi connectivity index (χ4v) is 5.00. The lowest BCUT2D eigenvalue weighted by atomic mass is 9.86. The van der Waals surface area contributed by atoms with Crippen LogP contribution in [-0.2, 0) is 16.0 Å². The normalized spacial score (nSPS) is 23.1. The average Bonchev–Trinajstić information content (AvgIpc) is 2.86. The first-order chi connectivity index (χ1) is 16.9. The molecule has 3 heterocycles. The van der Waals surface area contributed by atoms with E-state index in [1.807, 2.05) is 13.0 Å². The Morgan fingerprint density at radius 1 is 1.23 bits per heavy atom. The van der Waals surface area contributed by atoms with Crippen LogP contribution >= 0.6 is 0 Å². The van der Waals surface area contributed by atoms with Crippen LogP contribution in [0.5, 0.6) is 0 Å². The lowest BCUT2D eigenvalue weighted by Crippen LogP contribution is -2.53. The standard InChI is InChI=1S/C26H33FN5O3/c1-5-19-21(16-18-15-17-9-8-10-20(27)23(17)25(34)30(18)4)28-26(35-7-3)29-24(19)32-13-11-31(12-14-32)22(33)6-2/h6,8-10,18,26H,2,5,7,11-16H2,1,3-4H3/t18-,26?/m0/s1. The Bertz CT molecular complexity index is 1050. The van der Waals surface area contributed by atoms with E-state index in [2.05, 4.69) is 18.4 Å². The van der Waals surface area contributed by atoms with Crippen LogP contribution in [0.1, 0.15) is 42.6 Å². The molecule has 8 nitrogen and oxygen atoms in total. The van der Waals surface area contributed by atoms with Crippen LogP contribution in [0, 0.1) is 11.7 Å². The summed E-state index contributed by atoms with van der Waals surface area (Å²) < 4.78 is 20.1. The number of nitrogens with zero attached hydrogens (tertiary/aromatic N) is 5. The number of carbonyl (C=O) groups excluding carboxylic acids is 2. The van der Waals surface area contributed by atoms with Gasteiger partial charge >= 0.3 is 0 Å². The third-order valence-corrected chi connectivity index (χ3v) is 6.92. The molecule has 9 heteroatoms.